The van der Waals surface area contributed by atoms with Gasteiger partial charge in [0.05, 0.1) is 37.7 Å². The largest absolute Gasteiger partial charge is 0.468 e. The van der Waals surface area contributed by atoms with Gasteiger partial charge in [0.25, 0.3) is 0 Å². The Labute approximate surface area is 165 Å². The normalized spacial score (nSPS) is 16.7. The molecular weight excluding hydrogens is 382 g/mol. The molecule has 29 heavy (non-hydrogen) atoms. The number of allylic oxidation sites excluding steroid dienone is 1. The molecule has 1 aliphatic carbocycles. The molecule has 1 aliphatic heterocycles. The number of fused-ring (bicyclic) bond motifs is 1. The zero-order valence-electron chi connectivity index (χ0n) is 15.9. The number of ether oxygens (including phenoxy) is 3. The molecular formula is C20H17NO8. The third-order valence-electron chi connectivity index (χ3n) is 4.74. The predicted molar refractivity (Wildman–Crippen MR) is 96.4 cm³/mol. The molecule has 1 heterocycles. The Balaban J connectivity index is 2.37. The Morgan fingerprint density at radius 3 is 2.03 bits per heavy atom. The maximum absolute atomic E-state index is 13.3. The zero-order valence-corrected chi connectivity index (χ0v) is 15.9. The smallest absolute Gasteiger partial charge is 0.337 e. The van der Waals surface area contributed by atoms with Gasteiger partial charge in [-0.15, -0.1) is 0 Å². The first-order chi connectivity index (χ1) is 13.9. The van der Waals surface area contributed by atoms with Crippen molar-refractivity contribution < 1.29 is 38.2 Å². The van der Waals surface area contributed by atoms with Crippen molar-refractivity contribution >= 4 is 29.5 Å². The van der Waals surface area contributed by atoms with E-state index < -0.39 is 46.0 Å². The molecule has 9 nitrogen and oxygen atoms in total. The van der Waals surface area contributed by atoms with Crippen molar-refractivity contribution in [2.75, 3.05) is 20.8 Å². The Kier molecular flexibility index (Phi) is 5.06. The van der Waals surface area contributed by atoms with E-state index in [0.29, 0.717) is 0 Å². The number of ketones is 2. The summed E-state index contributed by atoms with van der Waals surface area (Å²) in [5.74, 6) is -4.95. The van der Waals surface area contributed by atoms with Gasteiger partial charge >= 0.3 is 17.9 Å². The third-order valence-corrected chi connectivity index (χ3v) is 4.74. The lowest BCUT2D eigenvalue weighted by Crippen LogP contribution is -2.53. The number of carbonyl (C=O) groups is 5. The number of rotatable bonds is 4. The van der Waals surface area contributed by atoms with Gasteiger partial charge in [-0.25, -0.2) is 4.79 Å². The molecule has 150 valence electrons. The highest BCUT2D eigenvalue weighted by Gasteiger charge is 2.63. The minimum absolute atomic E-state index is 0.0136. The lowest BCUT2D eigenvalue weighted by atomic mass is 9.66. The maximum Gasteiger partial charge on any atom is 0.337 e. The van der Waals surface area contributed by atoms with Crippen LogP contribution in [-0.2, 0) is 28.6 Å². The average molecular weight is 399 g/mol. The van der Waals surface area contributed by atoms with Crippen molar-refractivity contribution in [2.45, 2.75) is 6.92 Å². The van der Waals surface area contributed by atoms with Crippen LogP contribution in [0.2, 0.25) is 0 Å². The van der Waals surface area contributed by atoms with Crippen LogP contribution < -0.4 is 5.32 Å². The van der Waals surface area contributed by atoms with E-state index >= 15 is 0 Å². The highest BCUT2D eigenvalue weighted by atomic mass is 16.6. The molecule has 0 saturated carbocycles. The number of benzene rings is 1. The minimum atomic E-state index is -2.61. The summed E-state index contributed by atoms with van der Waals surface area (Å²) in [7, 11) is 1.97. The summed E-state index contributed by atoms with van der Waals surface area (Å²) in [5, 5.41) is 2.58. The molecule has 0 atom stereocenters. The zero-order chi connectivity index (χ0) is 21.3. The molecule has 0 saturated heterocycles. The Morgan fingerprint density at radius 1 is 0.966 bits per heavy atom. The first-order valence-electron chi connectivity index (χ1n) is 8.60. The molecule has 3 rings (SSSR count). The van der Waals surface area contributed by atoms with E-state index in [2.05, 4.69) is 5.32 Å². The molecule has 9 heteroatoms. The quantitative estimate of drug-likeness (QED) is 0.442. The minimum Gasteiger partial charge on any atom is -0.468 e. The van der Waals surface area contributed by atoms with E-state index in [1.165, 1.54) is 25.1 Å². The third kappa shape index (κ3) is 2.65. The lowest BCUT2D eigenvalue weighted by molar-refractivity contribution is -0.165. The van der Waals surface area contributed by atoms with Crippen LogP contribution >= 0.6 is 0 Å². The van der Waals surface area contributed by atoms with Crippen LogP contribution in [0.1, 0.15) is 27.6 Å². The number of nitrogens with one attached hydrogen (secondary N) is 1. The van der Waals surface area contributed by atoms with E-state index in [1.54, 1.807) is 6.07 Å². The van der Waals surface area contributed by atoms with Crippen LogP contribution in [0.25, 0.3) is 0 Å². The van der Waals surface area contributed by atoms with Gasteiger partial charge < -0.3 is 19.5 Å². The van der Waals surface area contributed by atoms with Crippen molar-refractivity contribution in [2.24, 2.45) is 5.41 Å². The Bertz CT molecular complexity index is 1000. The number of esters is 3. The van der Waals surface area contributed by atoms with Crippen LogP contribution in [0.5, 0.6) is 0 Å². The predicted octanol–water partition coefficient (Wildman–Crippen LogP) is 0.702. The van der Waals surface area contributed by atoms with E-state index in [-0.39, 0.29) is 23.4 Å². The van der Waals surface area contributed by atoms with Gasteiger partial charge in [0, 0.05) is 17.3 Å². The van der Waals surface area contributed by atoms with E-state index in [0.717, 1.165) is 20.4 Å². The van der Waals surface area contributed by atoms with Crippen molar-refractivity contribution in [3.05, 3.63) is 58.4 Å². The van der Waals surface area contributed by atoms with Crippen LogP contribution in [0.15, 0.2) is 47.3 Å². The second-order valence-electron chi connectivity index (χ2n) is 6.11. The molecule has 1 aromatic rings. The monoisotopic (exact) mass is 399 g/mol. The van der Waals surface area contributed by atoms with Gasteiger partial charge in [-0.3, -0.25) is 19.2 Å². The van der Waals surface area contributed by atoms with Crippen LogP contribution in [-0.4, -0.2) is 50.3 Å². The fourth-order valence-electron chi connectivity index (χ4n) is 3.49. The number of hydrogen-bond acceptors (Lipinski definition) is 9. The summed E-state index contributed by atoms with van der Waals surface area (Å²) in [6.07, 6.45) is 0.990. The first kappa shape index (κ1) is 20.0. The standard InChI is InChI=1S/C20H17NO8/c1-4-29-17(24)12-9-21-14-13(20(12,18(25)27-2)19(26)28-3)15(22)10-7-5-6-8-11(10)16(14)23/h5-9,21H,4H2,1-3H3. The molecule has 0 spiro atoms. The lowest BCUT2D eigenvalue weighted by Gasteiger charge is -2.37. The molecule has 0 amide bonds. The van der Waals surface area contributed by atoms with Gasteiger partial charge in [0.1, 0.15) is 0 Å². The van der Waals surface area contributed by atoms with E-state index in [9.17, 15) is 24.0 Å². The van der Waals surface area contributed by atoms with E-state index in [4.69, 9.17) is 14.2 Å². The van der Waals surface area contributed by atoms with Crippen molar-refractivity contribution in [3.8, 4) is 0 Å². The fraction of sp³-hybridized carbons (Fsp3) is 0.250. The van der Waals surface area contributed by atoms with Crippen LogP contribution in [0, 0.1) is 5.41 Å². The Hall–Kier alpha value is -3.75. The molecule has 2 aliphatic rings. The molecule has 0 fully saturated rings. The number of Topliss-reactive ketones (excluding diaryl/α,β-unsaturated/α-hetero) is 2. The molecule has 0 radical (unpaired) electrons. The SMILES string of the molecule is CCOC(=O)C1=CNC2=C(C(=O)c3ccccc3C2=O)C1(C(=O)OC)C(=O)OC. The first-order valence-corrected chi connectivity index (χ1v) is 8.60. The van der Waals surface area contributed by atoms with Gasteiger partial charge in [0.15, 0.2) is 5.78 Å². The van der Waals surface area contributed by atoms with Gasteiger partial charge in [0.2, 0.25) is 11.2 Å². The molecule has 1 N–H and O–H groups in total. The molecule has 0 aromatic heterocycles. The number of hydrogen-bond donors (Lipinski definition) is 1. The molecule has 0 unspecified atom stereocenters. The number of dihydropyridines is 1. The highest BCUT2D eigenvalue weighted by molar-refractivity contribution is 6.33. The van der Waals surface area contributed by atoms with Crippen molar-refractivity contribution in [1.29, 1.82) is 0 Å². The summed E-state index contributed by atoms with van der Waals surface area (Å²) < 4.78 is 14.5. The summed E-state index contributed by atoms with van der Waals surface area (Å²) in [6, 6.07) is 5.95. The maximum atomic E-state index is 13.3. The average Bonchev–Trinajstić information content (AvgIpc) is 2.75. The van der Waals surface area contributed by atoms with Crippen molar-refractivity contribution in [1.82, 2.24) is 5.32 Å². The molecule has 1 aromatic carbocycles. The second-order valence-corrected chi connectivity index (χ2v) is 6.11. The second kappa shape index (κ2) is 7.34. The van der Waals surface area contributed by atoms with Gasteiger partial charge in [-0.2, -0.15) is 0 Å². The summed E-state index contributed by atoms with van der Waals surface area (Å²) >= 11 is 0. The summed E-state index contributed by atoms with van der Waals surface area (Å²) in [5.41, 5.74) is -3.89. The van der Waals surface area contributed by atoms with Crippen LogP contribution in [0.3, 0.4) is 0 Å². The summed E-state index contributed by atoms with van der Waals surface area (Å²) in [4.78, 5) is 64.8. The number of methoxy groups -OCH3 is 2. The highest BCUT2D eigenvalue weighted by Crippen LogP contribution is 2.46. The number of carbonyl (C=O) groups excluding carboxylic acids is 5. The van der Waals surface area contributed by atoms with Gasteiger partial charge in [-0.1, -0.05) is 24.3 Å². The Morgan fingerprint density at radius 2 is 1.52 bits per heavy atom. The topological polar surface area (TPSA) is 125 Å². The van der Waals surface area contributed by atoms with Gasteiger partial charge in [-0.05, 0) is 6.92 Å². The summed E-state index contributed by atoms with van der Waals surface area (Å²) in [6.45, 7) is 1.47. The van der Waals surface area contributed by atoms with Crippen molar-refractivity contribution in [3.63, 3.8) is 0 Å². The van der Waals surface area contributed by atoms with E-state index in [1.807, 2.05) is 0 Å². The van der Waals surface area contributed by atoms with Crippen LogP contribution in [0.4, 0.5) is 0 Å². The fourth-order valence-corrected chi connectivity index (χ4v) is 3.49. The molecule has 0 bridgehead atoms.